The van der Waals surface area contributed by atoms with E-state index >= 15 is 0 Å². The number of nitrogens with zero attached hydrogens (tertiary/aromatic N) is 1. The van der Waals surface area contributed by atoms with Crippen molar-refractivity contribution in [3.63, 3.8) is 0 Å². The molecule has 1 heterocycles. The number of benzene rings is 1. The van der Waals surface area contributed by atoms with Crippen LogP contribution in [0.4, 0.5) is 0 Å². The van der Waals surface area contributed by atoms with Gasteiger partial charge in [-0.05, 0) is 25.0 Å². The van der Waals surface area contributed by atoms with E-state index in [0.29, 0.717) is 25.3 Å². The molecule has 0 bridgehead atoms. The number of carbonyl (C=O) groups is 1. The first kappa shape index (κ1) is 16.9. The first-order valence-corrected chi connectivity index (χ1v) is 8.38. The van der Waals surface area contributed by atoms with Crippen LogP contribution in [0.25, 0.3) is 0 Å². The van der Waals surface area contributed by atoms with Gasteiger partial charge in [-0.2, -0.15) is 0 Å². The van der Waals surface area contributed by atoms with Gasteiger partial charge in [-0.3, -0.25) is 4.79 Å². The van der Waals surface area contributed by atoms with Crippen molar-refractivity contribution in [1.82, 2.24) is 4.90 Å². The third kappa shape index (κ3) is 3.86. The molecule has 5 heteroatoms. The minimum atomic E-state index is 0.0616. The first-order chi connectivity index (χ1) is 10.7. The zero-order valence-corrected chi connectivity index (χ0v) is 14.1. The average Bonchev–Trinajstić information content (AvgIpc) is 2.56. The van der Waals surface area contributed by atoms with Gasteiger partial charge < -0.3 is 14.4 Å². The van der Waals surface area contributed by atoms with Crippen LogP contribution in [0.1, 0.15) is 31.7 Å². The van der Waals surface area contributed by atoms with Crippen LogP contribution in [-0.2, 0) is 11.2 Å². The van der Waals surface area contributed by atoms with Crippen molar-refractivity contribution in [2.24, 2.45) is 0 Å². The normalized spacial score (nSPS) is 16.6. The Morgan fingerprint density at radius 3 is 3.00 bits per heavy atom. The SMILES string of the molecule is CCCN(C(=O)CCCCl)C1COc2cccc(OC)c2C1. The Morgan fingerprint density at radius 1 is 1.50 bits per heavy atom. The smallest absolute Gasteiger partial charge is 0.222 e. The van der Waals surface area contributed by atoms with Gasteiger partial charge >= 0.3 is 0 Å². The number of ether oxygens (including phenoxy) is 2. The number of fused-ring (bicyclic) bond motifs is 1. The molecule has 22 heavy (non-hydrogen) atoms. The van der Waals surface area contributed by atoms with Crippen LogP contribution in [0.5, 0.6) is 11.5 Å². The monoisotopic (exact) mass is 325 g/mol. The van der Waals surface area contributed by atoms with Gasteiger partial charge in [0.05, 0.1) is 13.2 Å². The standard InChI is InChI=1S/C17H24ClNO3/c1-3-10-19(17(20)8-5-9-18)13-11-14-15(21-2)6-4-7-16(14)22-12-13/h4,6-7,13H,3,5,8-12H2,1-2H3. The largest absolute Gasteiger partial charge is 0.496 e. The quantitative estimate of drug-likeness (QED) is 0.722. The van der Waals surface area contributed by atoms with E-state index in [9.17, 15) is 4.79 Å². The lowest BCUT2D eigenvalue weighted by Crippen LogP contribution is -2.47. The van der Waals surface area contributed by atoms with Gasteiger partial charge in [-0.15, -0.1) is 11.6 Å². The second kappa shape index (κ2) is 8.28. The highest BCUT2D eigenvalue weighted by molar-refractivity contribution is 6.17. The van der Waals surface area contributed by atoms with Crippen molar-refractivity contribution in [2.45, 2.75) is 38.6 Å². The third-order valence-corrected chi connectivity index (χ3v) is 4.20. The Labute approximate surface area is 137 Å². The van der Waals surface area contributed by atoms with Gasteiger partial charge in [0.2, 0.25) is 5.91 Å². The van der Waals surface area contributed by atoms with E-state index in [1.165, 1.54) is 0 Å². The Bertz CT molecular complexity index is 492. The summed E-state index contributed by atoms with van der Waals surface area (Å²) in [5.74, 6) is 2.37. The highest BCUT2D eigenvalue weighted by Crippen LogP contribution is 2.34. The molecule has 0 fully saturated rings. The molecule has 0 aromatic heterocycles. The molecule has 0 aliphatic carbocycles. The molecule has 0 saturated carbocycles. The van der Waals surface area contributed by atoms with Gasteiger partial charge in [-0.25, -0.2) is 0 Å². The number of carbonyl (C=O) groups excluding carboxylic acids is 1. The van der Waals surface area contributed by atoms with E-state index in [1.54, 1.807) is 7.11 Å². The molecule has 4 nitrogen and oxygen atoms in total. The van der Waals surface area contributed by atoms with Gasteiger partial charge in [0.25, 0.3) is 0 Å². The summed E-state index contributed by atoms with van der Waals surface area (Å²) in [7, 11) is 1.66. The lowest BCUT2D eigenvalue weighted by atomic mass is 9.99. The minimum absolute atomic E-state index is 0.0616. The summed E-state index contributed by atoms with van der Waals surface area (Å²) in [5, 5.41) is 0. The Hall–Kier alpha value is -1.42. The third-order valence-electron chi connectivity index (χ3n) is 3.93. The van der Waals surface area contributed by atoms with E-state index < -0.39 is 0 Å². The zero-order valence-electron chi connectivity index (χ0n) is 13.3. The summed E-state index contributed by atoms with van der Waals surface area (Å²) >= 11 is 5.71. The van der Waals surface area contributed by atoms with E-state index in [0.717, 1.165) is 36.4 Å². The Kier molecular flexibility index (Phi) is 6.37. The molecule has 122 valence electrons. The number of hydrogen-bond acceptors (Lipinski definition) is 3. The number of amides is 1. The second-order valence-corrected chi connectivity index (χ2v) is 5.86. The first-order valence-electron chi connectivity index (χ1n) is 7.85. The van der Waals surface area contributed by atoms with E-state index in [-0.39, 0.29) is 11.9 Å². The van der Waals surface area contributed by atoms with Crippen LogP contribution in [-0.4, -0.2) is 43.0 Å². The van der Waals surface area contributed by atoms with Gasteiger partial charge in [0.15, 0.2) is 0 Å². The van der Waals surface area contributed by atoms with E-state index in [4.69, 9.17) is 21.1 Å². The summed E-state index contributed by atoms with van der Waals surface area (Å²) in [6, 6.07) is 5.87. The zero-order chi connectivity index (χ0) is 15.9. The van der Waals surface area contributed by atoms with E-state index in [2.05, 4.69) is 6.92 Å². The van der Waals surface area contributed by atoms with Crippen LogP contribution >= 0.6 is 11.6 Å². The summed E-state index contributed by atoms with van der Waals surface area (Å²) in [6.07, 6.45) is 2.92. The summed E-state index contributed by atoms with van der Waals surface area (Å²) in [5.41, 5.74) is 1.05. The van der Waals surface area contributed by atoms with Crippen molar-refractivity contribution in [3.05, 3.63) is 23.8 Å². The van der Waals surface area contributed by atoms with Crippen LogP contribution < -0.4 is 9.47 Å². The Morgan fingerprint density at radius 2 is 2.32 bits per heavy atom. The van der Waals surface area contributed by atoms with Gasteiger partial charge in [0, 0.05) is 30.8 Å². The number of alkyl halides is 1. The molecular formula is C17H24ClNO3. The minimum Gasteiger partial charge on any atom is -0.496 e. The maximum Gasteiger partial charge on any atom is 0.222 e. The molecule has 0 radical (unpaired) electrons. The molecule has 1 aliphatic rings. The van der Waals surface area contributed by atoms with Crippen molar-refractivity contribution in [3.8, 4) is 11.5 Å². The predicted molar refractivity (Wildman–Crippen MR) is 87.9 cm³/mol. The van der Waals surface area contributed by atoms with Crippen molar-refractivity contribution >= 4 is 17.5 Å². The topological polar surface area (TPSA) is 38.8 Å². The maximum absolute atomic E-state index is 12.4. The maximum atomic E-state index is 12.4. The highest BCUT2D eigenvalue weighted by Gasteiger charge is 2.29. The lowest BCUT2D eigenvalue weighted by Gasteiger charge is -2.35. The van der Waals surface area contributed by atoms with Crippen LogP contribution in [0.3, 0.4) is 0 Å². The molecule has 0 spiro atoms. The number of hydrogen-bond donors (Lipinski definition) is 0. The van der Waals surface area contributed by atoms with Crippen LogP contribution in [0, 0.1) is 0 Å². The fourth-order valence-electron chi connectivity index (χ4n) is 2.87. The predicted octanol–water partition coefficient (Wildman–Crippen LogP) is 3.26. The fraction of sp³-hybridized carbons (Fsp3) is 0.588. The molecular weight excluding hydrogens is 302 g/mol. The Balaban J connectivity index is 2.15. The molecule has 1 unspecified atom stereocenters. The summed E-state index contributed by atoms with van der Waals surface area (Å²) < 4.78 is 11.3. The number of methoxy groups -OCH3 is 1. The molecule has 1 aliphatic heterocycles. The molecule has 0 saturated heterocycles. The van der Waals surface area contributed by atoms with Crippen molar-refractivity contribution in [2.75, 3.05) is 26.1 Å². The van der Waals surface area contributed by atoms with Crippen molar-refractivity contribution < 1.29 is 14.3 Å². The van der Waals surface area contributed by atoms with Gasteiger partial charge in [0.1, 0.15) is 18.1 Å². The molecule has 1 aromatic rings. The van der Waals surface area contributed by atoms with Crippen LogP contribution in [0.15, 0.2) is 18.2 Å². The molecule has 0 N–H and O–H groups in total. The second-order valence-electron chi connectivity index (χ2n) is 5.49. The average molecular weight is 326 g/mol. The molecule has 1 aromatic carbocycles. The lowest BCUT2D eigenvalue weighted by molar-refractivity contribution is -0.134. The summed E-state index contributed by atoms with van der Waals surface area (Å²) in [6.45, 7) is 3.37. The molecule has 2 rings (SSSR count). The number of halogens is 1. The fourth-order valence-corrected chi connectivity index (χ4v) is 3.00. The van der Waals surface area contributed by atoms with Crippen LogP contribution in [0.2, 0.25) is 0 Å². The summed E-state index contributed by atoms with van der Waals surface area (Å²) in [4.78, 5) is 14.4. The van der Waals surface area contributed by atoms with E-state index in [1.807, 2.05) is 23.1 Å². The van der Waals surface area contributed by atoms with Crippen molar-refractivity contribution in [1.29, 1.82) is 0 Å². The number of rotatable bonds is 7. The van der Waals surface area contributed by atoms with Gasteiger partial charge in [-0.1, -0.05) is 13.0 Å². The molecule has 1 atom stereocenters. The highest BCUT2D eigenvalue weighted by atomic mass is 35.5. The molecule has 1 amide bonds.